The van der Waals surface area contributed by atoms with Gasteiger partial charge in [0.05, 0.1) is 17.2 Å². The summed E-state index contributed by atoms with van der Waals surface area (Å²) in [5.74, 6) is 0.672. The van der Waals surface area contributed by atoms with E-state index in [4.69, 9.17) is 4.98 Å². The molecule has 0 saturated carbocycles. The van der Waals surface area contributed by atoms with Crippen LogP contribution in [-0.4, -0.2) is 35.1 Å². The summed E-state index contributed by atoms with van der Waals surface area (Å²) >= 11 is 0. The SMILES string of the molecule is c1ccc(-[s+]2ccc(-c3cncc4[nH]c(-c5n[nH]c6cccnc56)nc34)c2)nc1. The Labute approximate surface area is 167 Å². The largest absolute Gasteiger partial charge is 0.335 e. The molecule has 8 heteroatoms. The third-order valence-corrected chi connectivity index (χ3v) is 6.44. The third kappa shape index (κ3) is 2.61. The molecule has 0 radical (unpaired) electrons. The van der Waals surface area contributed by atoms with Crippen LogP contribution >= 0.6 is 10.5 Å². The second-order valence-electron chi connectivity index (χ2n) is 6.56. The highest BCUT2D eigenvalue weighted by Crippen LogP contribution is 2.37. The average molecular weight is 396 g/mol. The Hall–Kier alpha value is -3.91. The first kappa shape index (κ1) is 16.1. The first-order valence-corrected chi connectivity index (χ1v) is 10.4. The number of aromatic amines is 2. The molecule has 2 N–H and O–H groups in total. The zero-order chi connectivity index (χ0) is 19.2. The monoisotopic (exact) mass is 396 g/mol. The highest BCUT2D eigenvalue weighted by Gasteiger charge is 2.19. The number of pyridine rings is 3. The Morgan fingerprint density at radius 1 is 0.862 bits per heavy atom. The summed E-state index contributed by atoms with van der Waals surface area (Å²) in [7, 11) is -0.152. The van der Waals surface area contributed by atoms with Gasteiger partial charge in [-0.2, -0.15) is 5.10 Å². The van der Waals surface area contributed by atoms with E-state index in [0.29, 0.717) is 11.5 Å². The molecule has 0 aromatic carbocycles. The van der Waals surface area contributed by atoms with Gasteiger partial charge in [-0.15, -0.1) is 0 Å². The quantitative estimate of drug-likeness (QED) is 0.423. The zero-order valence-corrected chi connectivity index (χ0v) is 15.9. The van der Waals surface area contributed by atoms with Crippen molar-refractivity contribution >= 4 is 32.5 Å². The summed E-state index contributed by atoms with van der Waals surface area (Å²) in [6, 6.07) is 11.9. The Bertz CT molecular complexity index is 1460. The molecule has 138 valence electrons. The Morgan fingerprint density at radius 3 is 2.76 bits per heavy atom. The Morgan fingerprint density at radius 2 is 1.83 bits per heavy atom. The minimum Gasteiger partial charge on any atom is -0.335 e. The summed E-state index contributed by atoms with van der Waals surface area (Å²) in [6.45, 7) is 0. The van der Waals surface area contributed by atoms with Gasteiger partial charge in [0, 0.05) is 52.3 Å². The van der Waals surface area contributed by atoms with Gasteiger partial charge in [0.15, 0.2) is 16.9 Å². The number of nitrogens with zero attached hydrogens (tertiary/aromatic N) is 5. The standard InChI is InChI=1S/C21H14N7S/c1-2-7-23-17(5-1)29-9-6-13(12-29)14-10-22-11-16-18(14)26-21(25-16)20-19-15(27-28-20)4-3-8-24-19/h1-12H,(H,25,26)(H,27,28)/q+1. The van der Waals surface area contributed by atoms with Gasteiger partial charge in [0.1, 0.15) is 16.4 Å². The molecule has 0 bridgehead atoms. The fourth-order valence-electron chi connectivity index (χ4n) is 3.41. The summed E-state index contributed by atoms with van der Waals surface area (Å²) in [5.41, 5.74) is 6.18. The van der Waals surface area contributed by atoms with Crippen molar-refractivity contribution in [2.24, 2.45) is 0 Å². The van der Waals surface area contributed by atoms with Crippen molar-refractivity contribution in [3.8, 4) is 27.7 Å². The molecule has 0 aliphatic heterocycles. The van der Waals surface area contributed by atoms with Crippen LogP contribution in [0.15, 0.2) is 71.9 Å². The lowest BCUT2D eigenvalue weighted by molar-refractivity contribution is 1.10. The van der Waals surface area contributed by atoms with Crippen LogP contribution in [0, 0.1) is 0 Å². The van der Waals surface area contributed by atoms with Crippen LogP contribution in [-0.2, 0) is 0 Å². The van der Waals surface area contributed by atoms with Gasteiger partial charge < -0.3 is 4.98 Å². The van der Waals surface area contributed by atoms with Gasteiger partial charge in [-0.25, -0.2) is 9.97 Å². The number of thiophene rings is 1. The van der Waals surface area contributed by atoms with E-state index < -0.39 is 0 Å². The fraction of sp³-hybridized carbons (Fsp3) is 0. The maximum Gasteiger partial charge on any atom is 0.271 e. The molecule has 7 nitrogen and oxygen atoms in total. The predicted octanol–water partition coefficient (Wildman–Crippen LogP) is 4.70. The molecule has 1 atom stereocenters. The Kier molecular flexibility index (Phi) is 3.50. The molecule has 6 aromatic rings. The average Bonchev–Trinajstić information content (AvgIpc) is 3.51. The third-order valence-electron chi connectivity index (χ3n) is 4.78. The van der Waals surface area contributed by atoms with Crippen molar-refractivity contribution in [2.45, 2.75) is 0 Å². The fourth-order valence-corrected chi connectivity index (χ4v) is 4.94. The number of rotatable bonds is 3. The van der Waals surface area contributed by atoms with E-state index in [0.717, 1.165) is 38.2 Å². The highest BCUT2D eigenvalue weighted by atomic mass is 32.2. The smallest absolute Gasteiger partial charge is 0.271 e. The Balaban J connectivity index is 1.48. The molecular weight excluding hydrogens is 382 g/mol. The molecule has 0 aliphatic rings. The number of fused-ring (bicyclic) bond motifs is 2. The molecule has 1 unspecified atom stereocenters. The number of nitrogens with one attached hydrogen (secondary N) is 2. The summed E-state index contributed by atoms with van der Waals surface area (Å²) < 4.78 is 0. The van der Waals surface area contributed by atoms with Crippen LogP contribution < -0.4 is 0 Å². The minimum absolute atomic E-state index is 0.152. The number of hydrogen-bond acceptors (Lipinski definition) is 5. The van der Waals surface area contributed by atoms with E-state index in [2.05, 4.69) is 47.0 Å². The molecule has 0 aliphatic carbocycles. The van der Waals surface area contributed by atoms with Crippen LogP contribution in [0.5, 0.6) is 0 Å². The lowest BCUT2D eigenvalue weighted by atomic mass is 10.1. The van der Waals surface area contributed by atoms with Crippen molar-refractivity contribution < 1.29 is 0 Å². The number of H-pyrrole nitrogens is 2. The van der Waals surface area contributed by atoms with Crippen molar-refractivity contribution in [1.82, 2.24) is 35.1 Å². The number of aromatic nitrogens is 7. The van der Waals surface area contributed by atoms with Crippen LogP contribution in [0.25, 0.3) is 49.7 Å². The zero-order valence-electron chi connectivity index (χ0n) is 15.1. The van der Waals surface area contributed by atoms with Crippen molar-refractivity contribution in [3.05, 3.63) is 71.9 Å². The van der Waals surface area contributed by atoms with Gasteiger partial charge in [-0.1, -0.05) is 6.07 Å². The highest BCUT2D eigenvalue weighted by molar-refractivity contribution is 7.36. The molecule has 0 spiro atoms. The molecule has 6 heterocycles. The molecular formula is C21H14N7S+. The topological polar surface area (TPSA) is 96.0 Å². The molecule has 0 saturated heterocycles. The number of imidazole rings is 1. The molecule has 29 heavy (non-hydrogen) atoms. The number of hydrogen-bond donors (Lipinski definition) is 2. The second kappa shape index (κ2) is 6.32. The summed E-state index contributed by atoms with van der Waals surface area (Å²) in [5, 5.41) is 12.9. The van der Waals surface area contributed by atoms with Gasteiger partial charge in [-0.3, -0.25) is 15.1 Å². The normalized spacial score (nSPS) is 12.1. The maximum absolute atomic E-state index is 4.84. The van der Waals surface area contributed by atoms with E-state index in [1.54, 1.807) is 12.4 Å². The van der Waals surface area contributed by atoms with Crippen molar-refractivity contribution in [2.75, 3.05) is 0 Å². The first-order chi connectivity index (χ1) is 14.4. The molecule has 6 aromatic heterocycles. The first-order valence-electron chi connectivity index (χ1n) is 9.03. The lowest BCUT2D eigenvalue weighted by Gasteiger charge is -1.96. The van der Waals surface area contributed by atoms with Gasteiger partial charge in [0.2, 0.25) is 0 Å². The van der Waals surface area contributed by atoms with E-state index >= 15 is 0 Å². The summed E-state index contributed by atoms with van der Waals surface area (Å²) in [4.78, 5) is 21.5. The van der Waals surface area contributed by atoms with E-state index in [9.17, 15) is 0 Å². The predicted molar refractivity (Wildman–Crippen MR) is 114 cm³/mol. The van der Waals surface area contributed by atoms with Crippen LogP contribution in [0.4, 0.5) is 0 Å². The van der Waals surface area contributed by atoms with Gasteiger partial charge in [0.25, 0.3) is 5.03 Å². The second-order valence-corrected chi connectivity index (χ2v) is 8.23. The van der Waals surface area contributed by atoms with Crippen molar-refractivity contribution in [3.63, 3.8) is 0 Å². The minimum atomic E-state index is -0.152. The van der Waals surface area contributed by atoms with E-state index in [1.807, 2.05) is 42.7 Å². The molecule has 0 amide bonds. The van der Waals surface area contributed by atoms with Crippen LogP contribution in [0.2, 0.25) is 0 Å². The van der Waals surface area contributed by atoms with E-state index in [1.165, 1.54) is 0 Å². The van der Waals surface area contributed by atoms with Crippen LogP contribution in [0.3, 0.4) is 0 Å². The maximum atomic E-state index is 4.84. The lowest BCUT2D eigenvalue weighted by Crippen LogP contribution is -1.83. The van der Waals surface area contributed by atoms with Gasteiger partial charge >= 0.3 is 0 Å². The van der Waals surface area contributed by atoms with Crippen molar-refractivity contribution in [1.29, 1.82) is 0 Å². The van der Waals surface area contributed by atoms with E-state index in [-0.39, 0.29) is 10.5 Å². The molecule has 0 fully saturated rings. The van der Waals surface area contributed by atoms with Gasteiger partial charge in [-0.05, 0) is 18.2 Å². The summed E-state index contributed by atoms with van der Waals surface area (Å²) in [6.07, 6.45) is 7.22. The molecule has 6 rings (SSSR count). The van der Waals surface area contributed by atoms with Crippen LogP contribution in [0.1, 0.15) is 0 Å².